The van der Waals surface area contributed by atoms with E-state index in [4.69, 9.17) is 0 Å². The minimum Gasteiger partial charge on any atom is -0.0622 e. The van der Waals surface area contributed by atoms with Crippen LogP contribution in [-0.2, 0) is 0 Å². The van der Waals surface area contributed by atoms with Crippen LogP contribution in [0.1, 0.15) is 32.1 Å². The Balaban J connectivity index is 1.49. The maximum absolute atomic E-state index is 4.13. The van der Waals surface area contributed by atoms with Crippen LogP contribution in [0.2, 0.25) is 0 Å². The summed E-state index contributed by atoms with van der Waals surface area (Å²) in [7, 11) is -0.687. The minimum absolute atomic E-state index is 0.343. The summed E-state index contributed by atoms with van der Waals surface area (Å²) in [4.78, 5) is 0. The van der Waals surface area contributed by atoms with E-state index in [1.165, 1.54) is 59.2 Å². The standard InChI is InChI=1S/C33H36P2/c1-2-3-16-29(25-27-34(30-17-8-4-9-18-30)31-19-10-5-11-20-31)26-28-35(32-21-12-6-13-22-32)33-23-14-7-15-24-33/h4-15,17-24H,1-3,16,25-28H2. The van der Waals surface area contributed by atoms with Crippen molar-refractivity contribution in [2.45, 2.75) is 32.1 Å². The van der Waals surface area contributed by atoms with Crippen LogP contribution in [-0.4, -0.2) is 12.3 Å². The molecule has 0 spiro atoms. The zero-order valence-electron chi connectivity index (χ0n) is 20.6. The molecule has 4 rings (SSSR count). The first-order valence-electron chi connectivity index (χ1n) is 12.7. The van der Waals surface area contributed by atoms with E-state index in [0.717, 1.165) is 6.42 Å². The van der Waals surface area contributed by atoms with Crippen LogP contribution in [0.25, 0.3) is 0 Å². The van der Waals surface area contributed by atoms with E-state index in [0.29, 0.717) is 0 Å². The molecule has 0 saturated carbocycles. The minimum atomic E-state index is -0.343. The van der Waals surface area contributed by atoms with Gasteiger partial charge in [-0.3, -0.25) is 0 Å². The van der Waals surface area contributed by atoms with Crippen molar-refractivity contribution in [3.8, 4) is 0 Å². The first kappa shape index (κ1) is 25.8. The highest BCUT2D eigenvalue weighted by atomic mass is 31.1. The van der Waals surface area contributed by atoms with Crippen molar-refractivity contribution in [2.24, 2.45) is 0 Å². The van der Waals surface area contributed by atoms with Gasteiger partial charge in [0.1, 0.15) is 0 Å². The van der Waals surface area contributed by atoms with Gasteiger partial charge in [0.15, 0.2) is 0 Å². The first-order chi connectivity index (χ1) is 17.3. The summed E-state index contributed by atoms with van der Waals surface area (Å²) >= 11 is 0. The van der Waals surface area contributed by atoms with E-state index < -0.39 is 0 Å². The molecule has 2 heteroatoms. The van der Waals surface area contributed by atoms with E-state index >= 15 is 0 Å². The number of unbranched alkanes of at least 4 members (excludes halogenated alkanes) is 1. The Bertz CT molecular complexity index is 915. The van der Waals surface area contributed by atoms with Gasteiger partial charge >= 0.3 is 0 Å². The van der Waals surface area contributed by atoms with Crippen LogP contribution in [0.5, 0.6) is 0 Å². The summed E-state index contributed by atoms with van der Waals surface area (Å²) in [6.07, 6.45) is 8.29. The average molecular weight is 495 g/mol. The Morgan fingerprint density at radius 3 is 1.06 bits per heavy atom. The summed E-state index contributed by atoms with van der Waals surface area (Å²) in [5.41, 5.74) is 0. The Labute approximate surface area is 215 Å². The molecule has 0 aliphatic rings. The number of hydrogen-bond acceptors (Lipinski definition) is 0. The lowest BCUT2D eigenvalue weighted by Gasteiger charge is -2.25. The molecule has 4 aromatic carbocycles. The van der Waals surface area contributed by atoms with Crippen molar-refractivity contribution in [3.05, 3.63) is 134 Å². The first-order valence-corrected chi connectivity index (χ1v) is 15.8. The highest BCUT2D eigenvalue weighted by Crippen LogP contribution is 2.40. The molecule has 0 amide bonds. The number of rotatable bonds is 13. The second-order valence-electron chi connectivity index (χ2n) is 8.85. The fourth-order valence-electron chi connectivity index (χ4n) is 4.54. The van der Waals surface area contributed by atoms with Gasteiger partial charge in [0, 0.05) is 0 Å². The van der Waals surface area contributed by atoms with Crippen LogP contribution in [0.4, 0.5) is 0 Å². The van der Waals surface area contributed by atoms with Crippen LogP contribution in [0.3, 0.4) is 0 Å². The highest BCUT2D eigenvalue weighted by Gasteiger charge is 2.20. The molecule has 0 bridgehead atoms. The molecule has 0 N–H and O–H groups in total. The van der Waals surface area contributed by atoms with Crippen molar-refractivity contribution in [1.29, 1.82) is 0 Å². The molecule has 4 aromatic rings. The van der Waals surface area contributed by atoms with Crippen molar-refractivity contribution in [1.82, 2.24) is 0 Å². The lowest BCUT2D eigenvalue weighted by atomic mass is 9.97. The summed E-state index contributed by atoms with van der Waals surface area (Å²) in [5.74, 6) is 1.73. The second kappa shape index (κ2) is 14.3. The zero-order chi connectivity index (χ0) is 24.1. The molecule has 0 aliphatic heterocycles. The largest absolute Gasteiger partial charge is 0.0622 e. The molecular formula is C33H36P2. The van der Waals surface area contributed by atoms with Gasteiger partial charge < -0.3 is 0 Å². The molecule has 0 heterocycles. The molecule has 0 unspecified atom stereocenters. The predicted octanol–water partition coefficient (Wildman–Crippen LogP) is 7.61. The Morgan fingerprint density at radius 1 is 0.457 bits per heavy atom. The normalized spacial score (nSPS) is 11.4. The lowest BCUT2D eigenvalue weighted by Crippen LogP contribution is -2.17. The molecule has 0 nitrogen and oxygen atoms in total. The third kappa shape index (κ3) is 7.87. The van der Waals surface area contributed by atoms with E-state index in [1.807, 2.05) is 0 Å². The van der Waals surface area contributed by atoms with E-state index in [9.17, 15) is 0 Å². The van der Waals surface area contributed by atoms with Crippen molar-refractivity contribution < 1.29 is 0 Å². The predicted molar refractivity (Wildman–Crippen MR) is 160 cm³/mol. The van der Waals surface area contributed by atoms with Gasteiger partial charge in [-0.25, -0.2) is 0 Å². The van der Waals surface area contributed by atoms with Gasteiger partial charge in [0.2, 0.25) is 0 Å². The fourth-order valence-corrected chi connectivity index (χ4v) is 9.37. The Kier molecular flexibility index (Phi) is 10.6. The maximum Gasteiger partial charge on any atom is -0.0195 e. The average Bonchev–Trinajstić information content (AvgIpc) is 2.94. The van der Waals surface area contributed by atoms with Crippen molar-refractivity contribution in [2.75, 3.05) is 12.3 Å². The molecular weight excluding hydrogens is 458 g/mol. The van der Waals surface area contributed by atoms with Crippen molar-refractivity contribution in [3.63, 3.8) is 0 Å². The van der Waals surface area contributed by atoms with Gasteiger partial charge in [-0.1, -0.05) is 141 Å². The second-order valence-corrected chi connectivity index (χ2v) is 13.5. The van der Waals surface area contributed by atoms with E-state index in [-0.39, 0.29) is 15.8 Å². The smallest absolute Gasteiger partial charge is 0.0195 e. The maximum atomic E-state index is 4.13. The molecule has 0 fully saturated rings. The molecule has 178 valence electrons. The Hall–Kier alpha value is -2.26. The third-order valence-corrected chi connectivity index (χ3v) is 11.5. The summed E-state index contributed by atoms with van der Waals surface area (Å²) in [5, 5.41) is 5.95. The van der Waals surface area contributed by atoms with E-state index in [2.05, 4.69) is 128 Å². The number of benzene rings is 4. The van der Waals surface area contributed by atoms with Gasteiger partial charge in [-0.05, 0) is 74.6 Å². The molecule has 35 heavy (non-hydrogen) atoms. The van der Waals surface area contributed by atoms with Crippen LogP contribution in [0, 0.1) is 12.8 Å². The Morgan fingerprint density at radius 2 is 0.771 bits per heavy atom. The van der Waals surface area contributed by atoms with Gasteiger partial charge in [-0.15, -0.1) is 0 Å². The molecule has 0 atom stereocenters. The molecule has 0 aliphatic carbocycles. The van der Waals surface area contributed by atoms with Gasteiger partial charge in [0.05, 0.1) is 0 Å². The summed E-state index contributed by atoms with van der Waals surface area (Å²) in [6, 6.07) is 44.6. The number of hydrogen-bond donors (Lipinski definition) is 0. The fraction of sp³-hybridized carbons (Fsp3) is 0.212. The topological polar surface area (TPSA) is 0 Å². The van der Waals surface area contributed by atoms with Crippen LogP contribution in [0.15, 0.2) is 121 Å². The summed E-state index contributed by atoms with van der Waals surface area (Å²) in [6.45, 7) is 4.13. The van der Waals surface area contributed by atoms with E-state index in [1.54, 1.807) is 5.92 Å². The SMILES string of the molecule is [CH2]CCC[C](CCP(c1ccccc1)c1ccccc1)CCP(c1ccccc1)c1ccccc1. The monoisotopic (exact) mass is 494 g/mol. The molecule has 0 aromatic heterocycles. The quantitative estimate of drug-likeness (QED) is 0.168. The third-order valence-electron chi connectivity index (χ3n) is 6.43. The van der Waals surface area contributed by atoms with Gasteiger partial charge in [-0.2, -0.15) is 0 Å². The molecule has 2 radical (unpaired) electrons. The molecule has 0 saturated heterocycles. The lowest BCUT2D eigenvalue weighted by molar-refractivity contribution is 0.671. The highest BCUT2D eigenvalue weighted by molar-refractivity contribution is 7.73. The zero-order valence-corrected chi connectivity index (χ0v) is 22.4. The summed E-state index contributed by atoms with van der Waals surface area (Å²) < 4.78 is 0. The van der Waals surface area contributed by atoms with Crippen LogP contribution >= 0.6 is 15.8 Å². The van der Waals surface area contributed by atoms with Gasteiger partial charge in [0.25, 0.3) is 0 Å². The van der Waals surface area contributed by atoms with Crippen LogP contribution < -0.4 is 21.2 Å². The van der Waals surface area contributed by atoms with Crippen molar-refractivity contribution >= 4 is 37.1 Å².